The second kappa shape index (κ2) is 8.32. The van der Waals surface area contributed by atoms with Gasteiger partial charge in [-0.25, -0.2) is 4.90 Å². The molecule has 0 bridgehead atoms. The van der Waals surface area contributed by atoms with Gasteiger partial charge in [0.25, 0.3) is 0 Å². The average Bonchev–Trinajstić information content (AvgIpc) is 3.32. The fraction of sp³-hybridized carbons (Fsp3) is 0.212. The Bertz CT molecular complexity index is 1590. The molecule has 4 atom stereocenters. The second-order valence-electron chi connectivity index (χ2n) is 10.6. The standard InChI is InChI=1S/C33H28N2O3/c1-19-17-20(2)29(21(3)18-19)35-32(36)27-28(33(35)37)31-23-13-7-9-15-25(23)38-26-16-10-8-14-24(26)34(31)30(27)22-11-5-4-6-12-22/h4-18,27-28,30-31H,1-3H3/t27-,28+,30+,31-/m0/s1. The van der Waals surface area contributed by atoms with Gasteiger partial charge in [0.05, 0.1) is 35.3 Å². The lowest BCUT2D eigenvalue weighted by atomic mass is 9.84. The first-order chi connectivity index (χ1) is 18.5. The highest BCUT2D eigenvalue weighted by Crippen LogP contribution is 2.61. The van der Waals surface area contributed by atoms with Crippen molar-refractivity contribution in [3.8, 4) is 11.5 Å². The molecule has 5 nitrogen and oxygen atoms in total. The number of carbonyl (C=O) groups excluding carboxylic acids is 2. The first kappa shape index (κ1) is 22.8. The van der Waals surface area contributed by atoms with E-state index in [0.717, 1.165) is 50.7 Å². The van der Waals surface area contributed by atoms with Crippen LogP contribution in [0.4, 0.5) is 11.4 Å². The third-order valence-electron chi connectivity index (χ3n) is 8.28. The van der Waals surface area contributed by atoms with Crippen molar-refractivity contribution in [3.63, 3.8) is 0 Å². The number of imide groups is 1. The number of ether oxygens (including phenoxy) is 1. The number of fused-ring (bicyclic) bond motifs is 7. The molecular formula is C33H28N2O3. The number of para-hydroxylation sites is 3. The van der Waals surface area contributed by atoms with Crippen molar-refractivity contribution in [2.45, 2.75) is 32.9 Å². The number of hydrogen-bond donors (Lipinski definition) is 0. The number of rotatable bonds is 2. The predicted molar refractivity (Wildman–Crippen MR) is 147 cm³/mol. The summed E-state index contributed by atoms with van der Waals surface area (Å²) in [5.41, 5.74) is 6.54. The molecule has 0 unspecified atom stereocenters. The normalized spacial score (nSPS) is 23.3. The summed E-state index contributed by atoms with van der Waals surface area (Å²) in [4.78, 5) is 32.7. The number of nitrogens with zero attached hydrogens (tertiary/aromatic N) is 2. The van der Waals surface area contributed by atoms with Crippen LogP contribution in [0.25, 0.3) is 0 Å². The van der Waals surface area contributed by atoms with Crippen molar-refractivity contribution in [2.75, 3.05) is 9.80 Å². The highest BCUT2D eigenvalue weighted by atomic mass is 16.5. The molecule has 0 aromatic heterocycles. The summed E-state index contributed by atoms with van der Waals surface area (Å²) in [6, 6.07) is 29.4. The highest BCUT2D eigenvalue weighted by Gasteiger charge is 2.64. The van der Waals surface area contributed by atoms with Crippen LogP contribution in [-0.4, -0.2) is 11.8 Å². The largest absolute Gasteiger partial charge is 0.455 e. The van der Waals surface area contributed by atoms with E-state index < -0.39 is 11.8 Å². The Labute approximate surface area is 222 Å². The fourth-order valence-electron chi connectivity index (χ4n) is 7.00. The van der Waals surface area contributed by atoms with Crippen LogP contribution in [0.1, 0.15) is 39.9 Å². The lowest BCUT2D eigenvalue weighted by Gasteiger charge is -2.35. The van der Waals surface area contributed by atoms with Crippen LogP contribution < -0.4 is 14.5 Å². The molecule has 2 saturated heterocycles. The molecule has 0 radical (unpaired) electrons. The van der Waals surface area contributed by atoms with Gasteiger partial charge in [-0.15, -0.1) is 0 Å². The molecular weight excluding hydrogens is 472 g/mol. The molecule has 38 heavy (non-hydrogen) atoms. The van der Waals surface area contributed by atoms with E-state index in [-0.39, 0.29) is 23.9 Å². The number of aryl methyl sites for hydroxylation is 3. The molecule has 3 aliphatic heterocycles. The van der Waals surface area contributed by atoms with Crippen LogP contribution in [0, 0.1) is 32.6 Å². The van der Waals surface area contributed by atoms with Crippen molar-refractivity contribution in [3.05, 3.63) is 119 Å². The van der Waals surface area contributed by atoms with Crippen LogP contribution >= 0.6 is 0 Å². The van der Waals surface area contributed by atoms with Gasteiger partial charge in [-0.2, -0.15) is 0 Å². The van der Waals surface area contributed by atoms with E-state index in [2.05, 4.69) is 17.0 Å². The molecule has 0 aliphatic carbocycles. The smallest absolute Gasteiger partial charge is 0.240 e. The van der Waals surface area contributed by atoms with E-state index in [1.165, 1.54) is 4.90 Å². The third kappa shape index (κ3) is 3.11. The number of benzene rings is 4. The first-order valence-electron chi connectivity index (χ1n) is 13.1. The van der Waals surface area contributed by atoms with Gasteiger partial charge in [0.15, 0.2) is 5.75 Å². The Morgan fingerprint density at radius 2 is 1.24 bits per heavy atom. The summed E-state index contributed by atoms with van der Waals surface area (Å²) in [6.45, 7) is 6.00. The van der Waals surface area contributed by atoms with Crippen molar-refractivity contribution in [1.82, 2.24) is 0 Å². The van der Waals surface area contributed by atoms with Gasteiger partial charge in [0.2, 0.25) is 11.8 Å². The van der Waals surface area contributed by atoms with Gasteiger partial charge < -0.3 is 9.64 Å². The minimum absolute atomic E-state index is 0.132. The summed E-state index contributed by atoms with van der Waals surface area (Å²) < 4.78 is 6.44. The Balaban J connectivity index is 1.49. The van der Waals surface area contributed by atoms with Gasteiger partial charge in [-0.3, -0.25) is 9.59 Å². The SMILES string of the molecule is Cc1cc(C)c(N2C(=O)[C@@H]3[C@H](C2=O)[C@@H](c2ccccc2)N2c4ccccc4Oc4ccccc4[C@@H]32)c(C)c1. The number of amides is 2. The van der Waals surface area contributed by atoms with Crippen LogP contribution in [0.5, 0.6) is 11.5 Å². The van der Waals surface area contributed by atoms with E-state index in [1.807, 2.05) is 99.6 Å². The quantitative estimate of drug-likeness (QED) is 0.283. The Hall–Kier alpha value is -4.38. The summed E-state index contributed by atoms with van der Waals surface area (Å²) in [5.74, 6) is 0.0927. The maximum Gasteiger partial charge on any atom is 0.240 e. The summed E-state index contributed by atoms with van der Waals surface area (Å²) in [6.07, 6.45) is 0. The van der Waals surface area contributed by atoms with E-state index in [1.54, 1.807) is 0 Å². The minimum atomic E-state index is -0.552. The molecule has 7 rings (SSSR count). The molecule has 2 amide bonds. The second-order valence-corrected chi connectivity index (χ2v) is 10.6. The summed E-state index contributed by atoms with van der Waals surface area (Å²) in [5, 5.41) is 0. The van der Waals surface area contributed by atoms with Crippen molar-refractivity contribution >= 4 is 23.2 Å². The van der Waals surface area contributed by atoms with E-state index >= 15 is 0 Å². The zero-order chi connectivity index (χ0) is 26.1. The molecule has 3 heterocycles. The summed E-state index contributed by atoms with van der Waals surface area (Å²) >= 11 is 0. The monoisotopic (exact) mass is 500 g/mol. The van der Waals surface area contributed by atoms with Crippen molar-refractivity contribution in [2.24, 2.45) is 11.8 Å². The number of carbonyl (C=O) groups is 2. The van der Waals surface area contributed by atoms with Crippen LogP contribution in [0.15, 0.2) is 91.0 Å². The van der Waals surface area contributed by atoms with Crippen LogP contribution in [-0.2, 0) is 9.59 Å². The topological polar surface area (TPSA) is 49.9 Å². The van der Waals surface area contributed by atoms with Gasteiger partial charge in [-0.05, 0) is 55.7 Å². The number of anilines is 2. The Morgan fingerprint density at radius 1 is 0.658 bits per heavy atom. The van der Waals surface area contributed by atoms with E-state index in [9.17, 15) is 9.59 Å². The lowest BCUT2D eigenvalue weighted by Crippen LogP contribution is -2.39. The zero-order valence-electron chi connectivity index (χ0n) is 21.6. The maximum absolute atomic E-state index is 14.5. The molecule has 188 valence electrons. The Kier molecular flexibility index (Phi) is 4.99. The molecule has 3 aliphatic rings. The van der Waals surface area contributed by atoms with Gasteiger partial charge in [0.1, 0.15) is 5.75 Å². The van der Waals surface area contributed by atoms with Gasteiger partial charge in [0, 0.05) is 5.56 Å². The average molecular weight is 501 g/mol. The molecule has 0 spiro atoms. The lowest BCUT2D eigenvalue weighted by molar-refractivity contribution is -0.123. The molecule has 2 fully saturated rings. The molecule has 4 aromatic rings. The first-order valence-corrected chi connectivity index (χ1v) is 13.1. The fourth-order valence-corrected chi connectivity index (χ4v) is 7.00. The Morgan fingerprint density at radius 3 is 1.95 bits per heavy atom. The van der Waals surface area contributed by atoms with E-state index in [0.29, 0.717) is 0 Å². The minimum Gasteiger partial charge on any atom is -0.455 e. The van der Waals surface area contributed by atoms with Crippen molar-refractivity contribution in [1.29, 1.82) is 0 Å². The zero-order valence-corrected chi connectivity index (χ0v) is 21.6. The van der Waals surface area contributed by atoms with Gasteiger partial charge in [-0.1, -0.05) is 78.4 Å². The maximum atomic E-state index is 14.5. The van der Waals surface area contributed by atoms with Crippen LogP contribution in [0.3, 0.4) is 0 Å². The highest BCUT2D eigenvalue weighted by molar-refractivity contribution is 6.24. The van der Waals surface area contributed by atoms with E-state index in [4.69, 9.17) is 4.74 Å². The predicted octanol–water partition coefficient (Wildman–Crippen LogP) is 6.83. The molecule has 0 saturated carbocycles. The van der Waals surface area contributed by atoms with Gasteiger partial charge >= 0.3 is 0 Å². The van der Waals surface area contributed by atoms with Crippen LogP contribution in [0.2, 0.25) is 0 Å². The number of hydrogen-bond acceptors (Lipinski definition) is 4. The molecule has 0 N–H and O–H groups in total. The van der Waals surface area contributed by atoms with Crippen molar-refractivity contribution < 1.29 is 14.3 Å². The summed E-state index contributed by atoms with van der Waals surface area (Å²) in [7, 11) is 0. The molecule has 4 aromatic carbocycles. The molecule has 5 heteroatoms. The third-order valence-corrected chi connectivity index (χ3v) is 8.28.